The third-order valence-electron chi connectivity index (χ3n) is 3.62. The summed E-state index contributed by atoms with van der Waals surface area (Å²) >= 11 is 1.37. The molecule has 124 valence electrons. The van der Waals surface area contributed by atoms with Crippen LogP contribution in [0.2, 0.25) is 0 Å². The number of anilines is 1. The zero-order chi connectivity index (χ0) is 17.3. The standard InChI is InChI=1S/C17H15NO5S/c1-18(9-10-5-3-4-6-12(10)22-2)15-8-13-14(24-15)7-11(16(19)20)17(21)23-13/h3-8H,9H2,1-2H3,(H,19,20). The largest absolute Gasteiger partial charge is 0.496 e. The third kappa shape index (κ3) is 2.98. The topological polar surface area (TPSA) is 80.0 Å². The molecule has 0 radical (unpaired) electrons. The van der Waals surface area contributed by atoms with Crippen LogP contribution in [0.4, 0.5) is 5.00 Å². The molecule has 0 amide bonds. The Kier molecular flexibility index (Phi) is 4.26. The molecular weight excluding hydrogens is 330 g/mol. The lowest BCUT2D eigenvalue weighted by molar-refractivity contribution is 0.0692. The van der Waals surface area contributed by atoms with Gasteiger partial charge in [0.25, 0.3) is 0 Å². The quantitative estimate of drug-likeness (QED) is 0.765. The number of carboxylic acids is 1. The highest BCUT2D eigenvalue weighted by Crippen LogP contribution is 2.33. The monoisotopic (exact) mass is 345 g/mol. The first-order valence-electron chi connectivity index (χ1n) is 7.13. The van der Waals surface area contributed by atoms with E-state index in [2.05, 4.69) is 0 Å². The normalized spacial score (nSPS) is 10.8. The highest BCUT2D eigenvalue weighted by Gasteiger charge is 2.16. The van der Waals surface area contributed by atoms with E-state index in [4.69, 9.17) is 14.3 Å². The predicted molar refractivity (Wildman–Crippen MR) is 92.4 cm³/mol. The van der Waals surface area contributed by atoms with Gasteiger partial charge in [-0.1, -0.05) is 18.2 Å². The summed E-state index contributed by atoms with van der Waals surface area (Å²) in [4.78, 5) is 24.7. The molecule has 0 aliphatic rings. The second-order valence-electron chi connectivity index (χ2n) is 5.23. The molecule has 0 atom stereocenters. The summed E-state index contributed by atoms with van der Waals surface area (Å²) in [6.45, 7) is 0.604. The van der Waals surface area contributed by atoms with E-state index in [0.29, 0.717) is 16.8 Å². The molecule has 0 saturated heterocycles. The van der Waals surface area contributed by atoms with Gasteiger partial charge in [-0.15, -0.1) is 11.3 Å². The Bertz CT molecular complexity index is 959. The lowest BCUT2D eigenvalue weighted by Gasteiger charge is -2.18. The van der Waals surface area contributed by atoms with Gasteiger partial charge in [0.15, 0.2) is 5.58 Å². The minimum atomic E-state index is -1.29. The maximum Gasteiger partial charge on any atom is 0.351 e. The Morgan fingerprint density at radius 2 is 2.08 bits per heavy atom. The number of rotatable bonds is 5. The molecular formula is C17H15NO5S. The first kappa shape index (κ1) is 16.1. The van der Waals surface area contributed by atoms with Gasteiger partial charge in [0.1, 0.15) is 11.3 Å². The smallest absolute Gasteiger partial charge is 0.351 e. The SMILES string of the molecule is COc1ccccc1CN(C)c1cc2oc(=O)c(C(=O)O)cc2s1. The molecule has 2 aromatic heterocycles. The van der Waals surface area contributed by atoms with Gasteiger partial charge in [0.05, 0.1) is 16.8 Å². The number of carbonyl (C=O) groups is 1. The van der Waals surface area contributed by atoms with Crippen LogP contribution in [-0.2, 0) is 6.54 Å². The van der Waals surface area contributed by atoms with Gasteiger partial charge in [-0.3, -0.25) is 0 Å². The molecule has 0 aliphatic carbocycles. The molecule has 7 heteroatoms. The number of hydrogen-bond acceptors (Lipinski definition) is 6. The minimum absolute atomic E-state index is 0.358. The van der Waals surface area contributed by atoms with Crippen LogP contribution >= 0.6 is 11.3 Å². The number of para-hydroxylation sites is 1. The molecule has 0 fully saturated rings. The van der Waals surface area contributed by atoms with Crippen molar-refractivity contribution in [3.8, 4) is 5.75 Å². The van der Waals surface area contributed by atoms with E-state index in [1.807, 2.05) is 36.2 Å². The average Bonchev–Trinajstić information content (AvgIpc) is 2.97. The molecule has 0 spiro atoms. The minimum Gasteiger partial charge on any atom is -0.496 e. The van der Waals surface area contributed by atoms with Gasteiger partial charge >= 0.3 is 11.6 Å². The Morgan fingerprint density at radius 1 is 1.33 bits per heavy atom. The van der Waals surface area contributed by atoms with Gasteiger partial charge in [0.2, 0.25) is 0 Å². The molecule has 2 heterocycles. The summed E-state index contributed by atoms with van der Waals surface area (Å²) in [5.41, 5.74) is 0.208. The van der Waals surface area contributed by atoms with Crippen molar-refractivity contribution in [2.24, 2.45) is 0 Å². The zero-order valence-electron chi connectivity index (χ0n) is 13.1. The molecule has 0 unspecified atom stereocenters. The molecule has 0 aliphatic heterocycles. The van der Waals surface area contributed by atoms with E-state index in [1.54, 1.807) is 13.2 Å². The Labute approximate surface area is 141 Å². The number of ether oxygens (including phenoxy) is 1. The zero-order valence-corrected chi connectivity index (χ0v) is 13.9. The van der Waals surface area contributed by atoms with Crippen molar-refractivity contribution >= 4 is 32.6 Å². The number of nitrogens with zero attached hydrogens (tertiary/aromatic N) is 1. The number of fused-ring (bicyclic) bond motifs is 1. The van der Waals surface area contributed by atoms with Crippen molar-refractivity contribution < 1.29 is 19.1 Å². The maximum absolute atomic E-state index is 11.7. The van der Waals surface area contributed by atoms with Crippen molar-refractivity contribution in [1.29, 1.82) is 0 Å². The summed E-state index contributed by atoms with van der Waals surface area (Å²) in [6, 6.07) is 10.8. The number of hydrogen-bond donors (Lipinski definition) is 1. The van der Waals surface area contributed by atoms with Crippen LogP contribution in [0.3, 0.4) is 0 Å². The number of aromatic carboxylic acids is 1. The third-order valence-corrected chi connectivity index (χ3v) is 4.79. The van der Waals surface area contributed by atoms with Gasteiger partial charge < -0.3 is 19.2 Å². The summed E-state index contributed by atoms with van der Waals surface area (Å²) in [7, 11) is 3.54. The number of thiophene rings is 1. The molecule has 6 nitrogen and oxygen atoms in total. The number of benzene rings is 1. The highest BCUT2D eigenvalue weighted by atomic mass is 32.1. The average molecular weight is 345 g/mol. The lowest BCUT2D eigenvalue weighted by atomic mass is 10.2. The fourth-order valence-corrected chi connectivity index (χ4v) is 3.39. The van der Waals surface area contributed by atoms with Crippen LogP contribution in [-0.4, -0.2) is 25.2 Å². The second kappa shape index (κ2) is 6.37. The van der Waals surface area contributed by atoms with Crippen LogP contribution in [0, 0.1) is 0 Å². The number of methoxy groups -OCH3 is 1. The van der Waals surface area contributed by atoms with Crippen LogP contribution in [0.1, 0.15) is 15.9 Å². The van der Waals surface area contributed by atoms with E-state index in [0.717, 1.165) is 16.3 Å². The van der Waals surface area contributed by atoms with Crippen molar-refractivity contribution in [2.75, 3.05) is 19.1 Å². The molecule has 3 aromatic rings. The summed E-state index contributed by atoms with van der Waals surface area (Å²) in [5, 5.41) is 9.88. The van der Waals surface area contributed by atoms with Gasteiger partial charge in [-0.2, -0.15) is 0 Å². The van der Waals surface area contributed by atoms with Crippen LogP contribution < -0.4 is 15.3 Å². The Hall–Kier alpha value is -2.80. The first-order valence-corrected chi connectivity index (χ1v) is 7.95. The van der Waals surface area contributed by atoms with Crippen LogP contribution in [0.5, 0.6) is 5.75 Å². The van der Waals surface area contributed by atoms with Crippen LogP contribution in [0.15, 0.2) is 45.6 Å². The van der Waals surface area contributed by atoms with E-state index in [-0.39, 0.29) is 5.56 Å². The van der Waals surface area contributed by atoms with E-state index >= 15 is 0 Å². The Morgan fingerprint density at radius 3 is 2.79 bits per heavy atom. The molecule has 24 heavy (non-hydrogen) atoms. The maximum atomic E-state index is 11.7. The molecule has 3 rings (SSSR count). The van der Waals surface area contributed by atoms with Gasteiger partial charge in [-0.25, -0.2) is 9.59 Å². The fourth-order valence-electron chi connectivity index (χ4n) is 2.41. The van der Waals surface area contributed by atoms with Crippen molar-refractivity contribution in [3.05, 3.63) is 57.9 Å². The number of carboxylic acid groups (broad SMARTS) is 1. The van der Waals surface area contributed by atoms with Gasteiger partial charge in [-0.05, 0) is 12.1 Å². The second-order valence-corrected chi connectivity index (χ2v) is 6.30. The molecule has 1 N–H and O–H groups in total. The molecule has 1 aromatic carbocycles. The highest BCUT2D eigenvalue weighted by molar-refractivity contribution is 7.22. The lowest BCUT2D eigenvalue weighted by Crippen LogP contribution is -2.15. The summed E-state index contributed by atoms with van der Waals surface area (Å²) in [6.07, 6.45) is 0. The summed E-state index contributed by atoms with van der Waals surface area (Å²) in [5.74, 6) is -0.492. The van der Waals surface area contributed by atoms with Gasteiger partial charge in [0, 0.05) is 25.2 Å². The van der Waals surface area contributed by atoms with Crippen molar-refractivity contribution in [3.63, 3.8) is 0 Å². The van der Waals surface area contributed by atoms with Crippen LogP contribution in [0.25, 0.3) is 10.3 Å². The van der Waals surface area contributed by atoms with E-state index in [1.165, 1.54) is 17.4 Å². The Balaban J connectivity index is 1.94. The first-order chi connectivity index (χ1) is 11.5. The molecule has 0 bridgehead atoms. The van der Waals surface area contributed by atoms with Crippen molar-refractivity contribution in [2.45, 2.75) is 6.54 Å². The fraction of sp³-hybridized carbons (Fsp3) is 0.176. The predicted octanol–water partition coefficient (Wildman–Crippen LogP) is 3.20. The van der Waals surface area contributed by atoms with E-state index in [9.17, 15) is 9.59 Å². The molecule has 0 saturated carbocycles. The summed E-state index contributed by atoms with van der Waals surface area (Å²) < 4.78 is 11.1. The van der Waals surface area contributed by atoms with Crippen molar-refractivity contribution in [1.82, 2.24) is 0 Å². The van der Waals surface area contributed by atoms with E-state index < -0.39 is 11.6 Å².